The van der Waals surface area contributed by atoms with Crippen LogP contribution in [0, 0.1) is 0 Å². The Kier molecular flexibility index (Phi) is 6.45. The number of halogens is 2. The lowest BCUT2D eigenvalue weighted by Gasteiger charge is -2.10. The Morgan fingerprint density at radius 3 is 2.52 bits per heavy atom. The van der Waals surface area contributed by atoms with Gasteiger partial charge in [0.25, 0.3) is 0 Å². The van der Waals surface area contributed by atoms with Crippen LogP contribution in [0.2, 0.25) is 10.0 Å². The molecule has 0 heterocycles. The Morgan fingerprint density at radius 2 is 1.83 bits per heavy atom. The van der Waals surface area contributed by atoms with Crippen LogP contribution in [0.5, 0.6) is 11.5 Å². The molecule has 0 aliphatic heterocycles. The third-order valence-corrected chi connectivity index (χ3v) is 4.49. The summed E-state index contributed by atoms with van der Waals surface area (Å²) in [5.74, 6) is 1.33. The molecule has 23 heavy (non-hydrogen) atoms. The fraction of sp³-hybridized carbons (Fsp3) is 0.188. The lowest BCUT2D eigenvalue weighted by molar-refractivity contribution is -0.113. The van der Waals surface area contributed by atoms with E-state index < -0.39 is 0 Å². The molecule has 2 aromatic rings. The molecule has 0 bridgehead atoms. The van der Waals surface area contributed by atoms with Crippen molar-refractivity contribution in [2.24, 2.45) is 0 Å². The molecule has 7 heteroatoms. The van der Waals surface area contributed by atoms with Crippen LogP contribution in [0.25, 0.3) is 0 Å². The highest BCUT2D eigenvalue weighted by atomic mass is 35.5. The van der Waals surface area contributed by atoms with Crippen LogP contribution in [0.4, 0.5) is 5.69 Å². The predicted molar refractivity (Wildman–Crippen MR) is 95.4 cm³/mol. The number of carbonyl (C=O) groups is 1. The monoisotopic (exact) mass is 371 g/mol. The summed E-state index contributed by atoms with van der Waals surface area (Å²) in [7, 11) is 3.15. The number of amides is 1. The zero-order valence-corrected chi connectivity index (χ0v) is 14.9. The number of thioether (sulfide) groups is 1. The summed E-state index contributed by atoms with van der Waals surface area (Å²) in [6.07, 6.45) is 0. The third kappa shape index (κ3) is 4.96. The van der Waals surface area contributed by atoms with E-state index in [1.54, 1.807) is 38.5 Å². The molecule has 0 aromatic heterocycles. The molecule has 0 spiro atoms. The Balaban J connectivity index is 1.98. The number of ether oxygens (including phenoxy) is 2. The van der Waals surface area contributed by atoms with Crippen molar-refractivity contribution in [3.05, 3.63) is 46.4 Å². The molecule has 1 N–H and O–H groups in total. The first-order valence-electron chi connectivity index (χ1n) is 6.63. The quantitative estimate of drug-likeness (QED) is 0.744. The lowest BCUT2D eigenvalue weighted by Crippen LogP contribution is -2.14. The standard InChI is InChI=1S/C16H15Cl2NO3S/c1-21-14-6-4-11(8-15(14)22-2)23-9-16(20)19-13-7-10(17)3-5-12(13)18/h3-8H,9H2,1-2H3,(H,19,20). The molecule has 0 atom stereocenters. The summed E-state index contributed by atoms with van der Waals surface area (Å²) >= 11 is 13.3. The second-order valence-corrected chi connectivity index (χ2v) is 6.37. The van der Waals surface area contributed by atoms with E-state index in [1.807, 2.05) is 12.1 Å². The van der Waals surface area contributed by atoms with Gasteiger partial charge in [-0.2, -0.15) is 0 Å². The zero-order valence-electron chi connectivity index (χ0n) is 12.6. The van der Waals surface area contributed by atoms with E-state index in [1.165, 1.54) is 11.8 Å². The minimum atomic E-state index is -0.172. The fourth-order valence-corrected chi connectivity index (χ4v) is 2.90. The minimum Gasteiger partial charge on any atom is -0.493 e. The van der Waals surface area contributed by atoms with Gasteiger partial charge in [-0.05, 0) is 36.4 Å². The number of rotatable bonds is 6. The smallest absolute Gasteiger partial charge is 0.234 e. The van der Waals surface area contributed by atoms with Gasteiger partial charge in [0.15, 0.2) is 11.5 Å². The first-order valence-corrected chi connectivity index (χ1v) is 8.37. The molecule has 0 saturated carbocycles. The fourth-order valence-electron chi connectivity index (χ4n) is 1.83. The highest BCUT2D eigenvalue weighted by Crippen LogP contribution is 2.32. The zero-order chi connectivity index (χ0) is 16.8. The van der Waals surface area contributed by atoms with Crippen molar-refractivity contribution < 1.29 is 14.3 Å². The molecule has 122 valence electrons. The largest absolute Gasteiger partial charge is 0.493 e. The Hall–Kier alpha value is -1.56. The molecular weight excluding hydrogens is 357 g/mol. The first-order chi connectivity index (χ1) is 11.0. The maximum absolute atomic E-state index is 12.0. The van der Waals surface area contributed by atoms with E-state index in [2.05, 4.69) is 5.32 Å². The lowest BCUT2D eigenvalue weighted by atomic mass is 10.3. The molecular formula is C16H15Cl2NO3S. The molecule has 2 aromatic carbocycles. The summed E-state index contributed by atoms with van der Waals surface area (Å²) in [4.78, 5) is 12.9. The molecule has 0 saturated heterocycles. The normalized spacial score (nSPS) is 10.3. The van der Waals surface area contributed by atoms with Gasteiger partial charge < -0.3 is 14.8 Å². The third-order valence-electron chi connectivity index (χ3n) is 2.93. The minimum absolute atomic E-state index is 0.172. The number of carbonyl (C=O) groups excluding carboxylic acids is 1. The summed E-state index contributed by atoms with van der Waals surface area (Å²) < 4.78 is 10.4. The highest BCUT2D eigenvalue weighted by molar-refractivity contribution is 8.00. The Bertz CT molecular complexity index is 710. The van der Waals surface area contributed by atoms with Crippen LogP contribution in [-0.2, 0) is 4.79 Å². The van der Waals surface area contributed by atoms with E-state index in [0.717, 1.165) is 4.90 Å². The summed E-state index contributed by atoms with van der Waals surface area (Å²) in [6.45, 7) is 0. The van der Waals surface area contributed by atoms with Gasteiger partial charge in [-0.3, -0.25) is 4.79 Å². The second kappa shape index (κ2) is 8.34. The Morgan fingerprint density at radius 1 is 1.09 bits per heavy atom. The molecule has 1 amide bonds. The number of benzene rings is 2. The van der Waals surface area contributed by atoms with Crippen molar-refractivity contribution in [2.45, 2.75) is 4.90 Å². The molecule has 0 radical (unpaired) electrons. The second-order valence-electron chi connectivity index (χ2n) is 4.48. The van der Waals surface area contributed by atoms with Crippen LogP contribution in [0.15, 0.2) is 41.3 Å². The first kappa shape index (κ1) is 17.8. The number of hydrogen-bond donors (Lipinski definition) is 1. The van der Waals surface area contributed by atoms with Gasteiger partial charge >= 0.3 is 0 Å². The van der Waals surface area contributed by atoms with Crippen LogP contribution in [-0.4, -0.2) is 25.9 Å². The van der Waals surface area contributed by atoms with E-state index in [0.29, 0.717) is 27.2 Å². The van der Waals surface area contributed by atoms with Gasteiger partial charge in [-0.1, -0.05) is 23.2 Å². The average molecular weight is 372 g/mol. The molecule has 0 aliphatic rings. The SMILES string of the molecule is COc1ccc(SCC(=O)Nc2cc(Cl)ccc2Cl)cc1OC. The summed E-state index contributed by atoms with van der Waals surface area (Å²) in [6, 6.07) is 10.4. The van der Waals surface area contributed by atoms with Gasteiger partial charge in [0.2, 0.25) is 5.91 Å². The van der Waals surface area contributed by atoms with E-state index in [-0.39, 0.29) is 11.7 Å². The Labute approximate surface area is 149 Å². The van der Waals surface area contributed by atoms with Crippen molar-refractivity contribution >= 4 is 46.6 Å². The topological polar surface area (TPSA) is 47.6 Å². The summed E-state index contributed by atoms with van der Waals surface area (Å²) in [5, 5.41) is 3.70. The van der Waals surface area contributed by atoms with Crippen molar-refractivity contribution in [3.63, 3.8) is 0 Å². The number of anilines is 1. The molecule has 4 nitrogen and oxygen atoms in total. The van der Waals surface area contributed by atoms with Gasteiger partial charge in [-0.15, -0.1) is 11.8 Å². The van der Waals surface area contributed by atoms with Crippen molar-refractivity contribution in [3.8, 4) is 11.5 Å². The number of nitrogens with one attached hydrogen (secondary N) is 1. The van der Waals surface area contributed by atoms with Gasteiger partial charge in [0.05, 0.1) is 30.7 Å². The van der Waals surface area contributed by atoms with Crippen LogP contribution in [0.1, 0.15) is 0 Å². The highest BCUT2D eigenvalue weighted by Gasteiger charge is 2.09. The van der Waals surface area contributed by atoms with E-state index in [4.69, 9.17) is 32.7 Å². The van der Waals surface area contributed by atoms with Gasteiger partial charge in [0, 0.05) is 9.92 Å². The molecule has 0 fully saturated rings. The average Bonchev–Trinajstić information content (AvgIpc) is 2.56. The predicted octanol–water partition coefficient (Wildman–Crippen LogP) is 4.74. The summed E-state index contributed by atoms with van der Waals surface area (Å²) in [5.41, 5.74) is 0.497. The van der Waals surface area contributed by atoms with Crippen LogP contribution >= 0.6 is 35.0 Å². The molecule has 0 aliphatic carbocycles. The molecule has 0 unspecified atom stereocenters. The maximum Gasteiger partial charge on any atom is 0.234 e. The van der Waals surface area contributed by atoms with Crippen molar-refractivity contribution in [1.29, 1.82) is 0 Å². The van der Waals surface area contributed by atoms with Crippen LogP contribution < -0.4 is 14.8 Å². The van der Waals surface area contributed by atoms with E-state index in [9.17, 15) is 4.79 Å². The van der Waals surface area contributed by atoms with Gasteiger partial charge in [0.1, 0.15) is 0 Å². The number of methoxy groups -OCH3 is 2. The number of hydrogen-bond acceptors (Lipinski definition) is 4. The van der Waals surface area contributed by atoms with E-state index >= 15 is 0 Å². The van der Waals surface area contributed by atoms with Crippen molar-refractivity contribution in [2.75, 3.05) is 25.3 Å². The van der Waals surface area contributed by atoms with Gasteiger partial charge in [-0.25, -0.2) is 0 Å². The molecule has 2 rings (SSSR count). The maximum atomic E-state index is 12.0. The van der Waals surface area contributed by atoms with Crippen LogP contribution in [0.3, 0.4) is 0 Å². The van der Waals surface area contributed by atoms with Crippen molar-refractivity contribution in [1.82, 2.24) is 0 Å².